The van der Waals surface area contributed by atoms with Crippen LogP contribution in [-0.4, -0.2) is 37.0 Å². The van der Waals surface area contributed by atoms with Gasteiger partial charge in [-0.05, 0) is 54.6 Å². The van der Waals surface area contributed by atoms with Gasteiger partial charge in [0.25, 0.3) is 5.91 Å². The van der Waals surface area contributed by atoms with Crippen molar-refractivity contribution in [3.8, 4) is 5.75 Å². The SMILES string of the molecule is CCOc1ccc(C(=O)N2CCc3sccc3C2C(=O)OC)cc1. The molecule has 0 fully saturated rings. The quantitative estimate of drug-likeness (QED) is 0.799. The van der Waals surface area contributed by atoms with E-state index in [1.165, 1.54) is 7.11 Å². The molecule has 0 N–H and O–H groups in total. The number of benzene rings is 1. The molecular weight excluding hydrogens is 326 g/mol. The van der Waals surface area contributed by atoms with Crippen LogP contribution in [0.1, 0.15) is 33.8 Å². The zero-order chi connectivity index (χ0) is 17.1. The normalized spacial score (nSPS) is 16.4. The van der Waals surface area contributed by atoms with Crippen LogP contribution in [0.5, 0.6) is 5.75 Å². The summed E-state index contributed by atoms with van der Waals surface area (Å²) in [5, 5.41) is 1.95. The van der Waals surface area contributed by atoms with Crippen molar-refractivity contribution in [2.75, 3.05) is 20.3 Å². The third kappa shape index (κ3) is 3.01. The van der Waals surface area contributed by atoms with Crippen molar-refractivity contribution in [1.82, 2.24) is 4.90 Å². The fourth-order valence-corrected chi connectivity index (χ4v) is 3.83. The van der Waals surface area contributed by atoms with E-state index in [1.807, 2.05) is 18.4 Å². The lowest BCUT2D eigenvalue weighted by atomic mass is 9.98. The number of methoxy groups -OCH3 is 1. The lowest BCUT2D eigenvalue weighted by molar-refractivity contribution is -0.146. The van der Waals surface area contributed by atoms with Gasteiger partial charge in [0.05, 0.1) is 13.7 Å². The van der Waals surface area contributed by atoms with Crippen LogP contribution in [0.25, 0.3) is 0 Å². The maximum atomic E-state index is 12.9. The molecule has 2 aromatic rings. The highest BCUT2D eigenvalue weighted by Gasteiger charge is 2.37. The van der Waals surface area contributed by atoms with Gasteiger partial charge < -0.3 is 14.4 Å². The van der Waals surface area contributed by atoms with Crippen molar-refractivity contribution in [3.63, 3.8) is 0 Å². The Bertz CT molecular complexity index is 738. The molecular formula is C18H19NO4S. The molecule has 0 radical (unpaired) electrons. The number of amides is 1. The maximum Gasteiger partial charge on any atom is 0.333 e. The lowest BCUT2D eigenvalue weighted by Gasteiger charge is -2.34. The Labute approximate surface area is 144 Å². The second kappa shape index (κ2) is 7.05. The van der Waals surface area contributed by atoms with Gasteiger partial charge in [0.1, 0.15) is 5.75 Å². The Morgan fingerprint density at radius 1 is 1.25 bits per heavy atom. The monoisotopic (exact) mass is 345 g/mol. The van der Waals surface area contributed by atoms with Gasteiger partial charge in [-0.1, -0.05) is 0 Å². The van der Waals surface area contributed by atoms with Crippen LogP contribution in [-0.2, 0) is 16.0 Å². The standard InChI is InChI=1S/C18H19NO4S/c1-3-23-13-6-4-12(5-7-13)17(20)19-10-8-15-14(9-11-24-15)16(19)18(21)22-2/h4-7,9,11,16H,3,8,10H2,1-2H3. The van der Waals surface area contributed by atoms with Gasteiger partial charge in [-0.15, -0.1) is 11.3 Å². The van der Waals surface area contributed by atoms with E-state index in [0.29, 0.717) is 18.7 Å². The van der Waals surface area contributed by atoms with Gasteiger partial charge in [0.15, 0.2) is 6.04 Å². The molecule has 24 heavy (non-hydrogen) atoms. The van der Waals surface area contributed by atoms with Gasteiger partial charge in [0.2, 0.25) is 0 Å². The van der Waals surface area contributed by atoms with E-state index in [1.54, 1.807) is 40.5 Å². The van der Waals surface area contributed by atoms with Crippen LogP contribution in [0, 0.1) is 0 Å². The summed E-state index contributed by atoms with van der Waals surface area (Å²) in [5.74, 6) is 0.135. The second-order valence-electron chi connectivity index (χ2n) is 5.43. The molecule has 0 spiro atoms. The van der Waals surface area contributed by atoms with Crippen LogP contribution in [0.4, 0.5) is 0 Å². The first kappa shape index (κ1) is 16.5. The van der Waals surface area contributed by atoms with Crippen LogP contribution in [0.2, 0.25) is 0 Å². The molecule has 2 heterocycles. The van der Waals surface area contributed by atoms with Crippen molar-refractivity contribution in [3.05, 3.63) is 51.7 Å². The molecule has 5 nitrogen and oxygen atoms in total. The predicted molar refractivity (Wildman–Crippen MR) is 91.4 cm³/mol. The van der Waals surface area contributed by atoms with Gasteiger partial charge in [0, 0.05) is 17.0 Å². The second-order valence-corrected chi connectivity index (χ2v) is 6.43. The number of carbonyl (C=O) groups excluding carboxylic acids is 2. The molecule has 1 amide bonds. The largest absolute Gasteiger partial charge is 0.494 e. The highest BCUT2D eigenvalue weighted by molar-refractivity contribution is 7.10. The van der Waals surface area contributed by atoms with Crippen LogP contribution >= 0.6 is 11.3 Å². The summed E-state index contributed by atoms with van der Waals surface area (Å²) in [6.45, 7) is 2.98. The fraction of sp³-hybridized carbons (Fsp3) is 0.333. The van der Waals surface area contributed by atoms with Gasteiger partial charge >= 0.3 is 5.97 Å². The van der Waals surface area contributed by atoms with E-state index < -0.39 is 12.0 Å². The molecule has 1 atom stereocenters. The van der Waals surface area contributed by atoms with Gasteiger partial charge in [-0.25, -0.2) is 4.79 Å². The molecule has 0 saturated heterocycles. The Balaban J connectivity index is 1.89. The fourth-order valence-electron chi connectivity index (χ4n) is 2.93. The van der Waals surface area contributed by atoms with Crippen molar-refractivity contribution >= 4 is 23.2 Å². The lowest BCUT2D eigenvalue weighted by Crippen LogP contribution is -2.43. The summed E-state index contributed by atoms with van der Waals surface area (Å²) in [6.07, 6.45) is 0.753. The molecule has 1 unspecified atom stereocenters. The van der Waals surface area contributed by atoms with Crippen LogP contribution in [0.3, 0.4) is 0 Å². The third-order valence-corrected chi connectivity index (χ3v) is 5.06. The zero-order valence-corrected chi connectivity index (χ0v) is 14.5. The number of carbonyl (C=O) groups is 2. The van der Waals surface area contributed by atoms with Crippen molar-refractivity contribution in [2.24, 2.45) is 0 Å². The topological polar surface area (TPSA) is 55.8 Å². The number of hydrogen-bond acceptors (Lipinski definition) is 5. The van der Waals surface area contributed by atoms with Gasteiger partial charge in [-0.3, -0.25) is 4.79 Å². The number of esters is 1. The number of ether oxygens (including phenoxy) is 2. The molecule has 1 aromatic carbocycles. The molecule has 1 aromatic heterocycles. The summed E-state index contributed by atoms with van der Waals surface area (Å²) in [6, 6.07) is 8.21. The number of hydrogen-bond donors (Lipinski definition) is 0. The Kier molecular flexibility index (Phi) is 4.85. The minimum absolute atomic E-state index is 0.176. The number of rotatable bonds is 4. The smallest absolute Gasteiger partial charge is 0.333 e. The third-order valence-electron chi connectivity index (χ3n) is 4.06. The minimum atomic E-state index is -0.677. The zero-order valence-electron chi connectivity index (χ0n) is 13.7. The summed E-state index contributed by atoms with van der Waals surface area (Å²) in [4.78, 5) is 27.9. The Morgan fingerprint density at radius 2 is 2.00 bits per heavy atom. The number of fused-ring (bicyclic) bond motifs is 1. The first-order valence-electron chi connectivity index (χ1n) is 7.83. The number of nitrogens with zero attached hydrogens (tertiary/aromatic N) is 1. The average molecular weight is 345 g/mol. The van der Waals surface area contributed by atoms with Crippen molar-refractivity contribution in [1.29, 1.82) is 0 Å². The van der Waals surface area contributed by atoms with Crippen molar-refractivity contribution in [2.45, 2.75) is 19.4 Å². The van der Waals surface area contributed by atoms with E-state index in [9.17, 15) is 9.59 Å². The van der Waals surface area contributed by atoms with E-state index in [2.05, 4.69) is 0 Å². The molecule has 126 valence electrons. The Morgan fingerprint density at radius 3 is 2.67 bits per heavy atom. The first-order valence-corrected chi connectivity index (χ1v) is 8.71. The molecule has 1 aliphatic heterocycles. The van der Waals surface area contributed by atoms with Crippen molar-refractivity contribution < 1.29 is 19.1 Å². The summed E-state index contributed by atoms with van der Waals surface area (Å²) >= 11 is 1.61. The summed E-state index contributed by atoms with van der Waals surface area (Å²) in [5.41, 5.74) is 1.41. The first-order chi connectivity index (χ1) is 11.7. The number of thiophene rings is 1. The van der Waals surface area contributed by atoms with E-state index in [4.69, 9.17) is 9.47 Å². The predicted octanol–water partition coefficient (Wildman–Crippen LogP) is 3.06. The Hall–Kier alpha value is -2.34. The minimum Gasteiger partial charge on any atom is -0.494 e. The molecule has 0 bridgehead atoms. The van der Waals surface area contributed by atoms with E-state index in [0.717, 1.165) is 22.6 Å². The summed E-state index contributed by atoms with van der Waals surface area (Å²) in [7, 11) is 1.35. The highest BCUT2D eigenvalue weighted by Crippen LogP contribution is 2.35. The van der Waals surface area contributed by atoms with E-state index in [-0.39, 0.29) is 5.91 Å². The van der Waals surface area contributed by atoms with E-state index >= 15 is 0 Å². The average Bonchev–Trinajstić information content (AvgIpc) is 3.09. The maximum absolute atomic E-state index is 12.9. The van der Waals surface area contributed by atoms with Crippen LogP contribution < -0.4 is 4.74 Å². The molecule has 1 aliphatic rings. The summed E-state index contributed by atoms with van der Waals surface area (Å²) < 4.78 is 10.3. The molecule has 0 aliphatic carbocycles. The molecule has 0 saturated carbocycles. The van der Waals surface area contributed by atoms with Gasteiger partial charge in [-0.2, -0.15) is 0 Å². The molecule has 3 rings (SSSR count). The van der Waals surface area contributed by atoms with Crippen LogP contribution in [0.15, 0.2) is 35.7 Å². The molecule has 6 heteroatoms. The highest BCUT2D eigenvalue weighted by atomic mass is 32.1.